The summed E-state index contributed by atoms with van der Waals surface area (Å²) in [6.07, 6.45) is 0. The molecule has 1 heterocycles. The quantitative estimate of drug-likeness (QED) is 0.374. The Kier molecular flexibility index (Phi) is 4.46. The molecule has 2 N–H and O–H groups in total. The number of hydrogen-bond acceptors (Lipinski definition) is 3. The number of nitrogens with zero attached hydrogens (tertiary/aromatic N) is 1. The molecule has 0 atom stereocenters. The van der Waals surface area contributed by atoms with Gasteiger partial charge in [0.05, 0.1) is 21.6 Å². The van der Waals surface area contributed by atoms with E-state index in [0.29, 0.717) is 27.6 Å². The van der Waals surface area contributed by atoms with Crippen molar-refractivity contribution in [3.05, 3.63) is 90.0 Å². The number of nitrogens with one attached hydrogen (secondary N) is 2. The fraction of sp³-hybridized carbons (Fsp3) is 0. The summed E-state index contributed by atoms with van der Waals surface area (Å²) in [5.41, 5.74) is 2.76. The number of sulfonamides is 1. The Morgan fingerprint density at radius 1 is 0.833 bits per heavy atom. The highest BCUT2D eigenvalue weighted by atomic mass is 35.5. The molecule has 148 valence electrons. The summed E-state index contributed by atoms with van der Waals surface area (Å²) in [6, 6.07) is 25.3. The molecule has 0 spiro atoms. The van der Waals surface area contributed by atoms with E-state index < -0.39 is 10.0 Å². The third kappa shape index (κ3) is 3.30. The Morgan fingerprint density at radius 2 is 1.57 bits per heavy atom. The number of rotatable bonds is 4. The highest BCUT2D eigenvalue weighted by molar-refractivity contribution is 7.92. The van der Waals surface area contributed by atoms with E-state index in [1.807, 2.05) is 54.6 Å². The van der Waals surface area contributed by atoms with Gasteiger partial charge in [-0.05, 0) is 30.3 Å². The first-order valence-corrected chi connectivity index (χ1v) is 11.1. The van der Waals surface area contributed by atoms with Crippen LogP contribution in [0.25, 0.3) is 33.2 Å². The van der Waals surface area contributed by atoms with E-state index in [0.717, 1.165) is 16.3 Å². The lowest BCUT2D eigenvalue weighted by Crippen LogP contribution is -2.13. The number of H-pyrrole nitrogens is 1. The minimum absolute atomic E-state index is 0.150. The fourth-order valence-electron chi connectivity index (χ4n) is 3.44. The molecular weight excluding hydrogens is 418 g/mol. The molecule has 4 aromatic carbocycles. The molecule has 0 amide bonds. The average Bonchev–Trinajstić information content (AvgIpc) is 3.20. The lowest BCUT2D eigenvalue weighted by atomic mass is 10.1. The summed E-state index contributed by atoms with van der Waals surface area (Å²) < 4.78 is 28.8. The predicted molar refractivity (Wildman–Crippen MR) is 121 cm³/mol. The second kappa shape index (κ2) is 7.16. The van der Waals surface area contributed by atoms with Gasteiger partial charge in [-0.25, -0.2) is 13.4 Å². The molecule has 0 aliphatic carbocycles. The number of hydrogen-bond donors (Lipinski definition) is 2. The van der Waals surface area contributed by atoms with Gasteiger partial charge in [0.25, 0.3) is 10.0 Å². The third-order valence-electron chi connectivity index (χ3n) is 4.93. The topological polar surface area (TPSA) is 74.8 Å². The standard InChI is InChI=1S/C23H16ClN3O2S/c24-19-11-13-20(18-9-5-4-8-17(18)19)27-30(28,29)16-10-12-21-22(14-16)26-23(25-21)15-6-2-1-3-7-15/h1-14,27H,(H,25,26). The van der Waals surface area contributed by atoms with E-state index >= 15 is 0 Å². The molecule has 0 saturated heterocycles. The molecule has 0 aliphatic rings. The SMILES string of the molecule is O=S(=O)(Nc1ccc(Cl)c2ccccc12)c1ccc2nc(-c3ccccc3)[nH]c2c1. The highest BCUT2D eigenvalue weighted by Crippen LogP contribution is 2.31. The zero-order chi connectivity index (χ0) is 20.7. The Bertz CT molecular complexity index is 1500. The first kappa shape index (κ1) is 18.7. The molecule has 0 fully saturated rings. The van der Waals surface area contributed by atoms with Crippen molar-refractivity contribution in [3.63, 3.8) is 0 Å². The summed E-state index contributed by atoms with van der Waals surface area (Å²) in [7, 11) is -3.81. The Balaban J connectivity index is 1.54. The molecule has 0 unspecified atom stereocenters. The van der Waals surface area contributed by atoms with Crippen molar-refractivity contribution in [2.24, 2.45) is 0 Å². The van der Waals surface area contributed by atoms with E-state index in [-0.39, 0.29) is 4.90 Å². The van der Waals surface area contributed by atoms with Crippen LogP contribution in [0.3, 0.4) is 0 Å². The number of fused-ring (bicyclic) bond motifs is 2. The molecule has 5 rings (SSSR count). The number of imidazole rings is 1. The van der Waals surface area contributed by atoms with Crippen LogP contribution in [0.4, 0.5) is 5.69 Å². The van der Waals surface area contributed by atoms with Gasteiger partial charge in [0.1, 0.15) is 5.82 Å². The molecule has 7 heteroatoms. The minimum Gasteiger partial charge on any atom is -0.338 e. The van der Waals surface area contributed by atoms with Crippen LogP contribution in [-0.4, -0.2) is 18.4 Å². The Morgan fingerprint density at radius 3 is 2.37 bits per heavy atom. The van der Waals surface area contributed by atoms with Crippen LogP contribution in [0, 0.1) is 0 Å². The van der Waals surface area contributed by atoms with Gasteiger partial charge in [-0.15, -0.1) is 0 Å². The largest absolute Gasteiger partial charge is 0.338 e. The molecule has 0 aliphatic heterocycles. The lowest BCUT2D eigenvalue weighted by molar-refractivity contribution is 0.601. The smallest absolute Gasteiger partial charge is 0.261 e. The molecular formula is C23H16ClN3O2S. The van der Waals surface area contributed by atoms with Crippen LogP contribution >= 0.6 is 11.6 Å². The van der Waals surface area contributed by atoms with Gasteiger partial charge >= 0.3 is 0 Å². The summed E-state index contributed by atoms with van der Waals surface area (Å²) in [5, 5.41) is 2.10. The number of benzene rings is 4. The second-order valence-corrected chi connectivity index (χ2v) is 8.97. The predicted octanol–water partition coefficient (Wildman–Crippen LogP) is 5.84. The Hall–Kier alpha value is -3.35. The second-order valence-electron chi connectivity index (χ2n) is 6.88. The normalized spacial score (nSPS) is 11.8. The van der Waals surface area contributed by atoms with Crippen LogP contribution in [-0.2, 0) is 10.0 Å². The highest BCUT2D eigenvalue weighted by Gasteiger charge is 2.18. The third-order valence-corrected chi connectivity index (χ3v) is 6.62. The van der Waals surface area contributed by atoms with Crippen LogP contribution in [0.1, 0.15) is 0 Å². The van der Waals surface area contributed by atoms with Gasteiger partial charge in [0.2, 0.25) is 0 Å². The van der Waals surface area contributed by atoms with E-state index in [9.17, 15) is 8.42 Å². The molecule has 0 radical (unpaired) electrons. The van der Waals surface area contributed by atoms with Gasteiger partial charge in [-0.2, -0.15) is 0 Å². The zero-order valence-corrected chi connectivity index (χ0v) is 17.2. The zero-order valence-electron chi connectivity index (χ0n) is 15.6. The van der Waals surface area contributed by atoms with Crippen LogP contribution in [0.15, 0.2) is 89.8 Å². The Labute approximate surface area is 178 Å². The molecule has 0 bridgehead atoms. The maximum Gasteiger partial charge on any atom is 0.261 e. The number of aromatic nitrogens is 2. The molecule has 30 heavy (non-hydrogen) atoms. The van der Waals surface area contributed by atoms with Gasteiger partial charge in [-0.1, -0.05) is 66.2 Å². The molecule has 5 nitrogen and oxygen atoms in total. The van der Waals surface area contributed by atoms with E-state index in [2.05, 4.69) is 14.7 Å². The van der Waals surface area contributed by atoms with Crippen molar-refractivity contribution < 1.29 is 8.42 Å². The van der Waals surface area contributed by atoms with Crippen molar-refractivity contribution in [1.82, 2.24) is 9.97 Å². The number of aromatic amines is 1. The summed E-state index contributed by atoms with van der Waals surface area (Å²) in [6.45, 7) is 0. The van der Waals surface area contributed by atoms with Gasteiger partial charge in [0, 0.05) is 21.4 Å². The first-order chi connectivity index (χ1) is 14.5. The van der Waals surface area contributed by atoms with Crippen molar-refractivity contribution in [3.8, 4) is 11.4 Å². The van der Waals surface area contributed by atoms with Gasteiger partial charge in [-0.3, -0.25) is 4.72 Å². The van der Waals surface area contributed by atoms with E-state index in [4.69, 9.17) is 11.6 Å². The lowest BCUT2D eigenvalue weighted by Gasteiger charge is -2.11. The van der Waals surface area contributed by atoms with Gasteiger partial charge < -0.3 is 4.98 Å². The van der Waals surface area contributed by atoms with Gasteiger partial charge in [0.15, 0.2) is 0 Å². The number of anilines is 1. The van der Waals surface area contributed by atoms with Crippen LogP contribution < -0.4 is 4.72 Å². The van der Waals surface area contributed by atoms with Crippen molar-refractivity contribution in [2.75, 3.05) is 4.72 Å². The monoisotopic (exact) mass is 433 g/mol. The van der Waals surface area contributed by atoms with Crippen molar-refractivity contribution in [1.29, 1.82) is 0 Å². The number of halogens is 1. The summed E-state index contributed by atoms with van der Waals surface area (Å²) >= 11 is 6.25. The fourth-order valence-corrected chi connectivity index (χ4v) is 4.78. The average molecular weight is 434 g/mol. The summed E-state index contributed by atoms with van der Waals surface area (Å²) in [4.78, 5) is 7.91. The van der Waals surface area contributed by atoms with E-state index in [1.54, 1.807) is 30.3 Å². The molecule has 1 aromatic heterocycles. The minimum atomic E-state index is -3.81. The van der Waals surface area contributed by atoms with Crippen molar-refractivity contribution in [2.45, 2.75) is 4.90 Å². The van der Waals surface area contributed by atoms with E-state index in [1.165, 1.54) is 0 Å². The maximum atomic E-state index is 13.1. The molecule has 5 aromatic rings. The van der Waals surface area contributed by atoms with Crippen molar-refractivity contribution >= 4 is 49.1 Å². The van der Waals surface area contributed by atoms with Crippen LogP contribution in [0.5, 0.6) is 0 Å². The maximum absolute atomic E-state index is 13.1. The first-order valence-electron chi connectivity index (χ1n) is 9.26. The van der Waals surface area contributed by atoms with Crippen LogP contribution in [0.2, 0.25) is 5.02 Å². The summed E-state index contributed by atoms with van der Waals surface area (Å²) in [5.74, 6) is 0.691. The molecule has 0 saturated carbocycles.